The molecule has 2 amide bonds. The molecule has 1 atom stereocenters. The quantitative estimate of drug-likeness (QED) is 0.788. The lowest BCUT2D eigenvalue weighted by Crippen LogP contribution is -2.44. The molecule has 7 heteroatoms. The van der Waals surface area contributed by atoms with Crippen molar-refractivity contribution in [2.75, 3.05) is 11.9 Å². The highest BCUT2D eigenvalue weighted by Gasteiger charge is 2.25. The molecule has 0 saturated heterocycles. The van der Waals surface area contributed by atoms with Gasteiger partial charge in [0.25, 0.3) is 0 Å². The van der Waals surface area contributed by atoms with E-state index in [2.05, 4.69) is 20.8 Å². The molecule has 2 heterocycles. The van der Waals surface area contributed by atoms with Crippen molar-refractivity contribution in [3.63, 3.8) is 0 Å². The molecule has 1 aliphatic rings. The van der Waals surface area contributed by atoms with E-state index >= 15 is 0 Å². The number of hydrogen-bond acceptors (Lipinski definition) is 4. The maximum absolute atomic E-state index is 12.3. The highest BCUT2D eigenvalue weighted by molar-refractivity contribution is 5.88. The van der Waals surface area contributed by atoms with Crippen molar-refractivity contribution in [2.45, 2.75) is 44.6 Å². The Morgan fingerprint density at radius 1 is 1.30 bits per heavy atom. The summed E-state index contributed by atoms with van der Waals surface area (Å²) in [6.07, 6.45) is 8.27. The lowest BCUT2D eigenvalue weighted by Gasteiger charge is -2.30. The lowest BCUT2D eigenvalue weighted by atomic mass is 9.83. The predicted octanol–water partition coefficient (Wildman–Crippen LogP) is 2.18. The number of carbonyl (C=O) groups is 1. The zero-order valence-electron chi connectivity index (χ0n) is 13.1. The van der Waals surface area contributed by atoms with Crippen molar-refractivity contribution in [1.29, 1.82) is 0 Å². The van der Waals surface area contributed by atoms with Gasteiger partial charge in [-0.1, -0.05) is 25.3 Å². The molecule has 0 spiro atoms. The van der Waals surface area contributed by atoms with Crippen LogP contribution in [0.5, 0.6) is 0 Å². The molecule has 23 heavy (non-hydrogen) atoms. The van der Waals surface area contributed by atoms with Crippen molar-refractivity contribution >= 4 is 17.6 Å². The van der Waals surface area contributed by atoms with Crippen molar-refractivity contribution in [3.05, 3.63) is 24.4 Å². The number of urea groups is 1. The van der Waals surface area contributed by atoms with Gasteiger partial charge >= 0.3 is 6.03 Å². The van der Waals surface area contributed by atoms with E-state index in [1.807, 2.05) is 18.2 Å². The van der Waals surface area contributed by atoms with Crippen LogP contribution >= 0.6 is 0 Å². The Labute approximate surface area is 135 Å². The molecule has 0 aliphatic heterocycles. The lowest BCUT2D eigenvalue weighted by molar-refractivity contribution is 0.202. The molecule has 1 fully saturated rings. The summed E-state index contributed by atoms with van der Waals surface area (Å²) in [5.74, 6) is 0.835. The van der Waals surface area contributed by atoms with Crippen LogP contribution in [0.25, 0.3) is 5.65 Å². The van der Waals surface area contributed by atoms with E-state index in [0.717, 1.165) is 12.8 Å². The fraction of sp³-hybridized carbons (Fsp3) is 0.562. The van der Waals surface area contributed by atoms with Crippen molar-refractivity contribution in [2.24, 2.45) is 5.92 Å². The van der Waals surface area contributed by atoms with E-state index in [0.29, 0.717) is 23.9 Å². The van der Waals surface area contributed by atoms with Crippen LogP contribution in [0.1, 0.15) is 38.5 Å². The monoisotopic (exact) mass is 317 g/mol. The summed E-state index contributed by atoms with van der Waals surface area (Å²) >= 11 is 0. The first-order chi connectivity index (χ1) is 11.3. The molecule has 3 N–H and O–H groups in total. The van der Waals surface area contributed by atoms with E-state index in [1.54, 1.807) is 10.6 Å². The molecular weight excluding hydrogens is 294 g/mol. The van der Waals surface area contributed by atoms with Crippen LogP contribution in [0, 0.1) is 5.92 Å². The number of anilines is 1. The fourth-order valence-electron chi connectivity index (χ4n) is 3.33. The molecular formula is C16H23N5O2. The van der Waals surface area contributed by atoms with Gasteiger partial charge in [-0.2, -0.15) is 0 Å². The second-order valence-electron chi connectivity index (χ2n) is 6.07. The summed E-state index contributed by atoms with van der Waals surface area (Å²) in [4.78, 5) is 12.3. The minimum atomic E-state index is -0.299. The van der Waals surface area contributed by atoms with Crippen LogP contribution in [0.3, 0.4) is 0 Å². The van der Waals surface area contributed by atoms with Crippen LogP contribution < -0.4 is 10.6 Å². The molecule has 0 radical (unpaired) electrons. The Morgan fingerprint density at radius 3 is 2.91 bits per heavy atom. The van der Waals surface area contributed by atoms with Crippen molar-refractivity contribution in [3.8, 4) is 0 Å². The molecule has 1 unspecified atom stereocenters. The van der Waals surface area contributed by atoms with Gasteiger partial charge in [0, 0.05) is 18.8 Å². The molecule has 7 nitrogen and oxygen atoms in total. The van der Waals surface area contributed by atoms with Gasteiger partial charge in [-0.15, -0.1) is 10.2 Å². The molecule has 124 valence electrons. The molecule has 2 aromatic rings. The minimum Gasteiger partial charge on any atom is -0.396 e. The number of aliphatic hydroxyl groups is 1. The Bertz CT molecular complexity index is 651. The summed E-state index contributed by atoms with van der Waals surface area (Å²) in [6.45, 7) is 0.0787. The van der Waals surface area contributed by atoms with Crippen LogP contribution in [0.4, 0.5) is 10.7 Å². The van der Waals surface area contributed by atoms with Gasteiger partial charge in [-0.3, -0.25) is 9.72 Å². The maximum Gasteiger partial charge on any atom is 0.321 e. The fourth-order valence-corrected chi connectivity index (χ4v) is 3.33. The highest BCUT2D eigenvalue weighted by Crippen LogP contribution is 2.27. The number of aromatic nitrogens is 3. The Kier molecular flexibility index (Phi) is 5.07. The van der Waals surface area contributed by atoms with Gasteiger partial charge in [0.05, 0.1) is 0 Å². The average molecular weight is 317 g/mol. The third kappa shape index (κ3) is 3.79. The van der Waals surface area contributed by atoms with E-state index in [4.69, 9.17) is 0 Å². The molecule has 1 aliphatic carbocycles. The average Bonchev–Trinajstić information content (AvgIpc) is 2.98. The van der Waals surface area contributed by atoms with Crippen LogP contribution in [-0.4, -0.2) is 38.4 Å². The molecule has 2 aromatic heterocycles. The Morgan fingerprint density at radius 2 is 2.13 bits per heavy atom. The largest absolute Gasteiger partial charge is 0.396 e. The van der Waals surface area contributed by atoms with Crippen LogP contribution in [0.2, 0.25) is 0 Å². The smallest absolute Gasteiger partial charge is 0.321 e. The second kappa shape index (κ2) is 7.41. The first-order valence-corrected chi connectivity index (χ1v) is 8.26. The zero-order chi connectivity index (χ0) is 16.1. The van der Waals surface area contributed by atoms with Gasteiger partial charge in [-0.05, 0) is 37.3 Å². The summed E-state index contributed by atoms with van der Waals surface area (Å²) in [5.41, 5.74) is 0.682. The first-order valence-electron chi connectivity index (χ1n) is 8.26. The van der Waals surface area contributed by atoms with E-state index in [9.17, 15) is 9.90 Å². The number of nitrogens with zero attached hydrogens (tertiary/aromatic N) is 3. The van der Waals surface area contributed by atoms with Crippen LogP contribution in [0.15, 0.2) is 24.4 Å². The summed E-state index contributed by atoms with van der Waals surface area (Å²) in [7, 11) is 0. The van der Waals surface area contributed by atoms with E-state index in [1.165, 1.54) is 19.3 Å². The molecule has 0 bridgehead atoms. The molecule has 3 rings (SSSR count). The summed E-state index contributed by atoms with van der Waals surface area (Å²) in [5, 5.41) is 23.0. The normalized spacial score (nSPS) is 17.1. The van der Waals surface area contributed by atoms with Gasteiger partial charge in [0.2, 0.25) is 5.95 Å². The number of aliphatic hydroxyl groups excluding tert-OH is 1. The minimum absolute atomic E-state index is 0.000476. The van der Waals surface area contributed by atoms with E-state index in [-0.39, 0.29) is 18.7 Å². The molecule has 1 saturated carbocycles. The van der Waals surface area contributed by atoms with Crippen molar-refractivity contribution < 1.29 is 9.90 Å². The standard InChI is InChI=1S/C16H23N5O2/c22-11-9-13(12-6-2-1-3-7-12)17-16(23)18-15-20-19-14-8-4-5-10-21(14)15/h4-5,8,10,12-13,22H,1-3,6-7,9,11H2,(H2,17,18,20,23). The number of nitrogens with one attached hydrogen (secondary N) is 2. The topological polar surface area (TPSA) is 91.6 Å². The van der Waals surface area contributed by atoms with Gasteiger partial charge in [0.1, 0.15) is 0 Å². The summed E-state index contributed by atoms with van der Waals surface area (Å²) < 4.78 is 1.72. The predicted molar refractivity (Wildman–Crippen MR) is 87.2 cm³/mol. The third-order valence-electron chi connectivity index (χ3n) is 4.51. The second-order valence-corrected chi connectivity index (χ2v) is 6.07. The number of pyridine rings is 1. The number of amides is 2. The summed E-state index contributed by atoms with van der Waals surface area (Å²) in [6, 6.07) is 5.25. The van der Waals surface area contributed by atoms with Gasteiger partial charge < -0.3 is 10.4 Å². The first kappa shape index (κ1) is 15.7. The Balaban J connectivity index is 1.64. The van der Waals surface area contributed by atoms with Gasteiger partial charge in [0.15, 0.2) is 5.65 Å². The number of carbonyl (C=O) groups excluding carboxylic acids is 1. The number of fused-ring (bicyclic) bond motifs is 1. The van der Waals surface area contributed by atoms with Crippen molar-refractivity contribution in [1.82, 2.24) is 19.9 Å². The number of hydrogen-bond donors (Lipinski definition) is 3. The van der Waals surface area contributed by atoms with E-state index < -0.39 is 0 Å². The SMILES string of the molecule is O=C(Nc1nnc2ccccn12)NC(CCO)C1CCCCC1. The Hall–Kier alpha value is -2.15. The number of rotatable bonds is 5. The zero-order valence-corrected chi connectivity index (χ0v) is 13.1. The van der Waals surface area contributed by atoms with Gasteiger partial charge in [-0.25, -0.2) is 4.79 Å². The maximum atomic E-state index is 12.3. The third-order valence-corrected chi connectivity index (χ3v) is 4.51. The van der Waals surface area contributed by atoms with Crippen LogP contribution in [-0.2, 0) is 0 Å². The highest BCUT2D eigenvalue weighted by atomic mass is 16.3. The molecule has 0 aromatic carbocycles.